The van der Waals surface area contributed by atoms with Crippen LogP contribution >= 0.6 is 0 Å². The second-order valence-electron chi connectivity index (χ2n) is 5.34. The minimum Gasteiger partial charge on any atom is -0.383 e. The van der Waals surface area contributed by atoms with E-state index in [0.717, 1.165) is 30.8 Å². The number of hydrogen-bond acceptors (Lipinski definition) is 3. The molecule has 0 fully saturated rings. The summed E-state index contributed by atoms with van der Waals surface area (Å²) in [6.45, 7) is 3.45. The van der Waals surface area contributed by atoms with E-state index >= 15 is 0 Å². The van der Waals surface area contributed by atoms with Crippen molar-refractivity contribution in [3.05, 3.63) is 35.4 Å². The minimum absolute atomic E-state index is 0.400. The Morgan fingerprint density at radius 1 is 1.17 bits per heavy atom. The molecule has 0 unspecified atom stereocenters. The van der Waals surface area contributed by atoms with Crippen molar-refractivity contribution in [1.82, 2.24) is 15.5 Å². The van der Waals surface area contributed by atoms with E-state index in [1.54, 1.807) is 14.2 Å². The highest BCUT2D eigenvalue weighted by Gasteiger charge is 2.29. The second-order valence-corrected chi connectivity index (χ2v) is 5.34. The molecule has 136 valence electrons. The van der Waals surface area contributed by atoms with Crippen molar-refractivity contribution in [3.63, 3.8) is 0 Å². The molecule has 0 amide bonds. The second kappa shape index (κ2) is 10.1. The minimum atomic E-state index is -4.31. The number of ether oxygens (including phenoxy) is 1. The molecule has 0 spiro atoms. The maximum Gasteiger partial charge on any atom is 0.416 e. The van der Waals surface area contributed by atoms with Gasteiger partial charge in [0.25, 0.3) is 0 Å². The Morgan fingerprint density at radius 2 is 1.83 bits per heavy atom. The van der Waals surface area contributed by atoms with Crippen LogP contribution in [-0.4, -0.2) is 58.3 Å². The highest BCUT2D eigenvalue weighted by atomic mass is 19.4. The number of nitrogens with one attached hydrogen (secondary N) is 2. The summed E-state index contributed by atoms with van der Waals surface area (Å²) in [6, 6.07) is 5.08. The number of hydrogen-bond donors (Lipinski definition) is 2. The Balaban J connectivity index is 2.36. The van der Waals surface area contributed by atoms with Crippen molar-refractivity contribution in [2.75, 3.05) is 47.4 Å². The summed E-state index contributed by atoms with van der Waals surface area (Å²) in [4.78, 5) is 6.21. The molecule has 5 nitrogen and oxygen atoms in total. The number of halogens is 3. The van der Waals surface area contributed by atoms with Gasteiger partial charge in [0.15, 0.2) is 5.96 Å². The summed E-state index contributed by atoms with van der Waals surface area (Å²) in [5, 5.41) is 6.23. The maximum atomic E-state index is 12.5. The van der Waals surface area contributed by atoms with Crippen molar-refractivity contribution in [1.29, 1.82) is 0 Å². The van der Waals surface area contributed by atoms with Gasteiger partial charge in [-0.25, -0.2) is 0 Å². The first kappa shape index (κ1) is 20.2. The molecular formula is C16H25F3N4O. The fourth-order valence-corrected chi connectivity index (χ4v) is 1.94. The lowest BCUT2D eigenvalue weighted by Gasteiger charge is -2.18. The van der Waals surface area contributed by atoms with Gasteiger partial charge in [0.05, 0.1) is 12.2 Å². The van der Waals surface area contributed by atoms with Crippen molar-refractivity contribution in [2.24, 2.45) is 4.99 Å². The van der Waals surface area contributed by atoms with Gasteiger partial charge >= 0.3 is 6.18 Å². The Hall–Kier alpha value is -1.80. The standard InChI is InChI=1S/C16H25F3N4O/c1-20-15(21-8-9-23(2)10-11-24-3)22-12-13-4-6-14(7-5-13)16(17,18)19/h4-7H,8-12H2,1-3H3,(H2,20,21,22). The number of methoxy groups -OCH3 is 1. The van der Waals surface area contributed by atoms with E-state index in [1.807, 2.05) is 7.05 Å². The lowest BCUT2D eigenvalue weighted by atomic mass is 10.1. The molecule has 0 aliphatic rings. The van der Waals surface area contributed by atoms with E-state index in [4.69, 9.17) is 4.74 Å². The summed E-state index contributed by atoms with van der Waals surface area (Å²) < 4.78 is 42.6. The van der Waals surface area contributed by atoms with E-state index in [2.05, 4.69) is 20.5 Å². The van der Waals surface area contributed by atoms with Crippen LogP contribution in [0.1, 0.15) is 11.1 Å². The van der Waals surface area contributed by atoms with Crippen LogP contribution in [0.2, 0.25) is 0 Å². The topological polar surface area (TPSA) is 48.9 Å². The summed E-state index contributed by atoms with van der Waals surface area (Å²) in [7, 11) is 5.31. The number of nitrogens with zero attached hydrogens (tertiary/aromatic N) is 2. The summed E-state index contributed by atoms with van der Waals surface area (Å²) in [6.07, 6.45) is -4.31. The molecule has 0 atom stereocenters. The molecule has 2 N–H and O–H groups in total. The predicted molar refractivity (Wildman–Crippen MR) is 89.0 cm³/mol. The molecule has 8 heteroatoms. The fraction of sp³-hybridized carbons (Fsp3) is 0.562. The van der Waals surface area contributed by atoms with Gasteiger partial charge in [-0.2, -0.15) is 13.2 Å². The average Bonchev–Trinajstić information content (AvgIpc) is 2.55. The molecule has 0 saturated heterocycles. The molecule has 0 bridgehead atoms. The Labute approximate surface area is 140 Å². The van der Waals surface area contributed by atoms with E-state index in [1.165, 1.54) is 12.1 Å². The normalized spacial score (nSPS) is 12.5. The van der Waals surface area contributed by atoms with E-state index < -0.39 is 11.7 Å². The molecule has 0 heterocycles. The molecule has 1 aromatic carbocycles. The molecule has 24 heavy (non-hydrogen) atoms. The molecule has 0 aliphatic carbocycles. The molecule has 1 aromatic rings. The first-order chi connectivity index (χ1) is 11.4. The number of aliphatic imine (C=N–C) groups is 1. The van der Waals surface area contributed by atoms with Gasteiger partial charge in [0.2, 0.25) is 0 Å². The Bertz CT molecular complexity index is 503. The third-order valence-corrected chi connectivity index (χ3v) is 3.43. The zero-order valence-electron chi connectivity index (χ0n) is 14.3. The number of likely N-dealkylation sites (N-methyl/N-ethyl adjacent to an activating group) is 1. The molecule has 0 aliphatic heterocycles. The first-order valence-corrected chi connectivity index (χ1v) is 7.65. The van der Waals surface area contributed by atoms with Crippen molar-refractivity contribution in [2.45, 2.75) is 12.7 Å². The number of alkyl halides is 3. The summed E-state index contributed by atoms with van der Waals surface area (Å²) in [5.74, 6) is 0.607. The van der Waals surface area contributed by atoms with Crippen LogP contribution in [0.3, 0.4) is 0 Å². The van der Waals surface area contributed by atoms with Gasteiger partial charge in [-0.05, 0) is 24.7 Å². The van der Waals surface area contributed by atoms with Crippen molar-refractivity contribution >= 4 is 5.96 Å². The number of benzene rings is 1. The lowest BCUT2D eigenvalue weighted by molar-refractivity contribution is -0.137. The molecule has 0 saturated carbocycles. The van der Waals surface area contributed by atoms with Crippen LogP contribution in [0.4, 0.5) is 13.2 Å². The molecule has 0 aromatic heterocycles. The number of rotatable bonds is 8. The van der Waals surface area contributed by atoms with Crippen LogP contribution in [0, 0.1) is 0 Å². The van der Waals surface area contributed by atoms with Crippen LogP contribution in [0.5, 0.6) is 0 Å². The monoisotopic (exact) mass is 346 g/mol. The van der Waals surface area contributed by atoms with Gasteiger partial charge in [0.1, 0.15) is 0 Å². The van der Waals surface area contributed by atoms with E-state index in [9.17, 15) is 13.2 Å². The average molecular weight is 346 g/mol. The molecule has 1 rings (SSSR count). The van der Waals surface area contributed by atoms with Gasteiger partial charge in [-0.3, -0.25) is 4.99 Å². The fourth-order valence-electron chi connectivity index (χ4n) is 1.94. The van der Waals surface area contributed by atoms with Crippen LogP contribution in [0.25, 0.3) is 0 Å². The summed E-state index contributed by atoms with van der Waals surface area (Å²) in [5.41, 5.74) is 0.107. The van der Waals surface area contributed by atoms with Crippen molar-refractivity contribution < 1.29 is 17.9 Å². The third kappa shape index (κ3) is 7.65. The SMILES string of the molecule is CN=C(NCCN(C)CCOC)NCc1ccc(C(F)(F)F)cc1. The zero-order valence-corrected chi connectivity index (χ0v) is 14.3. The smallest absolute Gasteiger partial charge is 0.383 e. The molecular weight excluding hydrogens is 321 g/mol. The van der Waals surface area contributed by atoms with Crippen LogP contribution in [-0.2, 0) is 17.5 Å². The van der Waals surface area contributed by atoms with Gasteiger partial charge in [-0.1, -0.05) is 12.1 Å². The quantitative estimate of drug-likeness (QED) is 0.558. The summed E-state index contributed by atoms with van der Waals surface area (Å²) >= 11 is 0. The van der Waals surface area contributed by atoms with E-state index in [0.29, 0.717) is 25.7 Å². The highest BCUT2D eigenvalue weighted by Crippen LogP contribution is 2.28. The van der Waals surface area contributed by atoms with Gasteiger partial charge in [0, 0.05) is 40.3 Å². The molecule has 0 radical (unpaired) electrons. The van der Waals surface area contributed by atoms with Crippen molar-refractivity contribution in [3.8, 4) is 0 Å². The van der Waals surface area contributed by atoms with Gasteiger partial charge < -0.3 is 20.3 Å². The van der Waals surface area contributed by atoms with Crippen LogP contribution < -0.4 is 10.6 Å². The van der Waals surface area contributed by atoms with Gasteiger partial charge in [-0.15, -0.1) is 0 Å². The maximum absolute atomic E-state index is 12.5. The highest BCUT2D eigenvalue weighted by molar-refractivity contribution is 5.79. The predicted octanol–water partition coefficient (Wildman–Crippen LogP) is 1.95. The lowest BCUT2D eigenvalue weighted by Crippen LogP contribution is -2.41. The first-order valence-electron chi connectivity index (χ1n) is 7.65. The largest absolute Gasteiger partial charge is 0.416 e. The van der Waals surface area contributed by atoms with Crippen LogP contribution in [0.15, 0.2) is 29.3 Å². The van der Waals surface area contributed by atoms with E-state index in [-0.39, 0.29) is 0 Å². The third-order valence-electron chi connectivity index (χ3n) is 3.43. The zero-order chi connectivity index (χ0) is 18.0. The Morgan fingerprint density at radius 3 is 2.38 bits per heavy atom. The Kier molecular flexibility index (Phi) is 8.56. The number of guanidine groups is 1.